The molecule has 0 atom stereocenters. The van der Waals surface area contributed by atoms with E-state index in [2.05, 4.69) is 32.7 Å². The second kappa shape index (κ2) is 8.36. The number of aryl methyl sites for hydroxylation is 1. The summed E-state index contributed by atoms with van der Waals surface area (Å²) in [6.07, 6.45) is 2.05. The van der Waals surface area contributed by atoms with Gasteiger partial charge < -0.3 is 15.5 Å². The van der Waals surface area contributed by atoms with Gasteiger partial charge in [0.25, 0.3) is 0 Å². The molecule has 0 aliphatic rings. The standard InChI is InChI=1S/C22H24N4O/c1-16-6-4-5-7-17(16)14-22(27)25-21-13-10-19(15-23-21)24-18-8-11-20(12-9-18)26(2)3/h4-13,15,24H,14H2,1-3H3,(H,23,25,27). The molecule has 2 N–H and O–H groups in total. The third-order valence-corrected chi connectivity index (χ3v) is 4.32. The van der Waals surface area contributed by atoms with E-state index in [9.17, 15) is 4.79 Å². The first-order chi connectivity index (χ1) is 13.0. The summed E-state index contributed by atoms with van der Waals surface area (Å²) in [5.41, 5.74) is 5.13. The topological polar surface area (TPSA) is 57.3 Å². The van der Waals surface area contributed by atoms with Gasteiger partial charge in [0.15, 0.2) is 0 Å². The lowest BCUT2D eigenvalue weighted by molar-refractivity contribution is -0.115. The van der Waals surface area contributed by atoms with Gasteiger partial charge in [-0.15, -0.1) is 0 Å². The molecule has 2 aromatic carbocycles. The highest BCUT2D eigenvalue weighted by Gasteiger charge is 2.07. The van der Waals surface area contributed by atoms with Crippen molar-refractivity contribution >= 4 is 28.8 Å². The Balaban J connectivity index is 1.58. The maximum Gasteiger partial charge on any atom is 0.229 e. The lowest BCUT2D eigenvalue weighted by Gasteiger charge is -2.13. The molecule has 138 valence electrons. The van der Waals surface area contributed by atoms with Gasteiger partial charge in [0.05, 0.1) is 18.3 Å². The van der Waals surface area contributed by atoms with E-state index in [1.54, 1.807) is 12.3 Å². The zero-order valence-electron chi connectivity index (χ0n) is 15.9. The van der Waals surface area contributed by atoms with Crippen LogP contribution in [0.1, 0.15) is 11.1 Å². The van der Waals surface area contributed by atoms with Crippen LogP contribution in [0.4, 0.5) is 22.9 Å². The number of rotatable bonds is 6. The van der Waals surface area contributed by atoms with Crippen molar-refractivity contribution in [1.82, 2.24) is 4.98 Å². The average molecular weight is 360 g/mol. The van der Waals surface area contributed by atoms with Crippen LogP contribution >= 0.6 is 0 Å². The molecular formula is C22H24N4O. The molecule has 3 aromatic rings. The van der Waals surface area contributed by atoms with Crippen LogP contribution in [0.3, 0.4) is 0 Å². The van der Waals surface area contributed by atoms with E-state index >= 15 is 0 Å². The van der Waals surface area contributed by atoms with Crippen LogP contribution in [-0.4, -0.2) is 25.0 Å². The third kappa shape index (κ3) is 5.07. The smallest absolute Gasteiger partial charge is 0.229 e. The number of nitrogens with zero attached hydrogens (tertiary/aromatic N) is 2. The van der Waals surface area contributed by atoms with Crippen molar-refractivity contribution in [2.24, 2.45) is 0 Å². The molecule has 5 heteroatoms. The summed E-state index contributed by atoms with van der Waals surface area (Å²) in [7, 11) is 4.02. The van der Waals surface area contributed by atoms with Gasteiger partial charge in [-0.25, -0.2) is 4.98 Å². The first kappa shape index (κ1) is 18.5. The van der Waals surface area contributed by atoms with E-state index in [1.165, 1.54) is 0 Å². The molecule has 5 nitrogen and oxygen atoms in total. The number of benzene rings is 2. The van der Waals surface area contributed by atoms with Gasteiger partial charge in [0.1, 0.15) is 5.82 Å². The molecule has 3 rings (SSSR count). The van der Waals surface area contributed by atoms with Crippen molar-refractivity contribution < 1.29 is 4.79 Å². The van der Waals surface area contributed by atoms with Crippen LogP contribution in [0, 0.1) is 6.92 Å². The number of hydrogen-bond acceptors (Lipinski definition) is 4. The number of nitrogens with one attached hydrogen (secondary N) is 2. The predicted molar refractivity (Wildman–Crippen MR) is 112 cm³/mol. The number of carbonyl (C=O) groups is 1. The van der Waals surface area contributed by atoms with Gasteiger partial charge in [0, 0.05) is 25.5 Å². The molecule has 0 aliphatic carbocycles. The van der Waals surface area contributed by atoms with E-state index in [1.807, 2.05) is 63.5 Å². The molecule has 1 aromatic heterocycles. The number of pyridine rings is 1. The number of aromatic nitrogens is 1. The average Bonchev–Trinajstić information content (AvgIpc) is 2.66. The molecule has 27 heavy (non-hydrogen) atoms. The number of anilines is 4. The minimum absolute atomic E-state index is 0.0724. The largest absolute Gasteiger partial charge is 0.378 e. The second-order valence-electron chi connectivity index (χ2n) is 6.65. The minimum Gasteiger partial charge on any atom is -0.378 e. The number of carbonyl (C=O) groups excluding carboxylic acids is 1. The highest BCUT2D eigenvalue weighted by molar-refractivity contribution is 5.91. The highest BCUT2D eigenvalue weighted by atomic mass is 16.1. The molecule has 0 bridgehead atoms. The van der Waals surface area contributed by atoms with Gasteiger partial charge in [-0.3, -0.25) is 4.79 Å². The molecule has 0 fully saturated rings. The van der Waals surface area contributed by atoms with Crippen LogP contribution in [0.15, 0.2) is 66.9 Å². The van der Waals surface area contributed by atoms with E-state index in [0.717, 1.165) is 28.2 Å². The van der Waals surface area contributed by atoms with Gasteiger partial charge in [-0.1, -0.05) is 24.3 Å². The lowest BCUT2D eigenvalue weighted by Crippen LogP contribution is -2.15. The summed E-state index contributed by atoms with van der Waals surface area (Å²) in [5.74, 6) is 0.471. The normalized spacial score (nSPS) is 10.3. The quantitative estimate of drug-likeness (QED) is 0.685. The van der Waals surface area contributed by atoms with Crippen LogP contribution in [0.5, 0.6) is 0 Å². The van der Waals surface area contributed by atoms with Crippen LogP contribution in [-0.2, 0) is 11.2 Å². The molecular weight excluding hydrogens is 336 g/mol. The summed E-state index contributed by atoms with van der Waals surface area (Å²) in [6, 6.07) is 19.7. The fraction of sp³-hybridized carbons (Fsp3) is 0.182. The molecule has 0 radical (unpaired) electrons. The Morgan fingerprint density at radius 1 is 0.963 bits per heavy atom. The summed E-state index contributed by atoms with van der Waals surface area (Å²) in [6.45, 7) is 2.01. The van der Waals surface area contributed by atoms with Gasteiger partial charge >= 0.3 is 0 Å². The first-order valence-electron chi connectivity index (χ1n) is 8.86. The summed E-state index contributed by atoms with van der Waals surface area (Å²) in [4.78, 5) is 18.6. The fourth-order valence-corrected chi connectivity index (χ4v) is 2.72. The first-order valence-corrected chi connectivity index (χ1v) is 8.86. The molecule has 0 unspecified atom stereocenters. The lowest BCUT2D eigenvalue weighted by atomic mass is 10.1. The Hall–Kier alpha value is -3.34. The molecule has 1 heterocycles. The van der Waals surface area contributed by atoms with Crippen molar-refractivity contribution in [1.29, 1.82) is 0 Å². The van der Waals surface area contributed by atoms with E-state index < -0.39 is 0 Å². The van der Waals surface area contributed by atoms with Crippen molar-refractivity contribution in [3.05, 3.63) is 78.0 Å². The molecule has 0 spiro atoms. The van der Waals surface area contributed by atoms with E-state index in [4.69, 9.17) is 0 Å². The monoisotopic (exact) mass is 360 g/mol. The predicted octanol–water partition coefficient (Wildman–Crippen LogP) is 4.38. The molecule has 0 aliphatic heterocycles. The SMILES string of the molecule is Cc1ccccc1CC(=O)Nc1ccc(Nc2ccc(N(C)C)cc2)cn1. The van der Waals surface area contributed by atoms with Crippen LogP contribution in [0.2, 0.25) is 0 Å². The van der Waals surface area contributed by atoms with E-state index in [0.29, 0.717) is 12.2 Å². The van der Waals surface area contributed by atoms with Crippen molar-refractivity contribution in [3.63, 3.8) is 0 Å². The maximum absolute atomic E-state index is 12.2. The van der Waals surface area contributed by atoms with Crippen LogP contribution < -0.4 is 15.5 Å². The van der Waals surface area contributed by atoms with Gasteiger partial charge in [-0.2, -0.15) is 0 Å². The van der Waals surface area contributed by atoms with Gasteiger partial charge in [0.2, 0.25) is 5.91 Å². The second-order valence-corrected chi connectivity index (χ2v) is 6.65. The Kier molecular flexibility index (Phi) is 5.71. The van der Waals surface area contributed by atoms with Crippen molar-refractivity contribution in [3.8, 4) is 0 Å². The zero-order chi connectivity index (χ0) is 19.2. The Morgan fingerprint density at radius 2 is 1.67 bits per heavy atom. The Bertz CT molecular complexity index is 902. The summed E-state index contributed by atoms with van der Waals surface area (Å²) in [5, 5.41) is 6.15. The Labute approximate surface area is 160 Å². The number of amides is 1. The zero-order valence-corrected chi connectivity index (χ0v) is 15.9. The molecule has 0 saturated carbocycles. The summed E-state index contributed by atoms with van der Waals surface area (Å²) < 4.78 is 0. The van der Waals surface area contributed by atoms with E-state index in [-0.39, 0.29) is 5.91 Å². The third-order valence-electron chi connectivity index (χ3n) is 4.32. The fourth-order valence-electron chi connectivity index (χ4n) is 2.72. The van der Waals surface area contributed by atoms with Crippen LogP contribution in [0.25, 0.3) is 0 Å². The van der Waals surface area contributed by atoms with Crippen molar-refractivity contribution in [2.75, 3.05) is 29.6 Å². The molecule has 0 saturated heterocycles. The minimum atomic E-state index is -0.0724. The molecule has 1 amide bonds. The highest BCUT2D eigenvalue weighted by Crippen LogP contribution is 2.20. The van der Waals surface area contributed by atoms with Gasteiger partial charge in [-0.05, 0) is 54.4 Å². The number of hydrogen-bond donors (Lipinski definition) is 2. The summed E-state index contributed by atoms with van der Waals surface area (Å²) >= 11 is 0. The maximum atomic E-state index is 12.2. The Morgan fingerprint density at radius 3 is 2.30 bits per heavy atom. The van der Waals surface area contributed by atoms with Crippen molar-refractivity contribution in [2.45, 2.75) is 13.3 Å².